The molecule has 0 saturated heterocycles. The Balaban J connectivity index is 1.31. The highest BCUT2D eigenvalue weighted by molar-refractivity contribution is 5.90. The third-order valence-electron chi connectivity index (χ3n) is 7.10. The Morgan fingerprint density at radius 1 is 1.27 bits per heavy atom. The Morgan fingerprint density at radius 3 is 2.76 bits per heavy atom. The van der Waals surface area contributed by atoms with Gasteiger partial charge >= 0.3 is 6.03 Å². The Labute approximate surface area is 235 Å². The summed E-state index contributed by atoms with van der Waals surface area (Å²) in [5, 5.41) is 19.7. The third kappa shape index (κ3) is 5.61. The van der Waals surface area contributed by atoms with Crippen LogP contribution in [0.5, 0.6) is 5.75 Å². The first-order chi connectivity index (χ1) is 19.7. The second kappa shape index (κ2) is 11.4. The molecule has 13 heteroatoms. The van der Waals surface area contributed by atoms with Gasteiger partial charge in [0.15, 0.2) is 0 Å². The number of carbonyl (C=O) groups excluding carboxylic acids is 2. The molecule has 0 unspecified atom stereocenters. The molecule has 214 valence electrons. The molecule has 5 rings (SSSR count). The number of aliphatic hydroxyl groups is 1. The number of anilines is 2. The second-order valence-electron chi connectivity index (χ2n) is 9.86. The summed E-state index contributed by atoms with van der Waals surface area (Å²) in [6, 6.07) is 5.97. The number of aromatic nitrogens is 5. The number of carbonyl (C=O) groups is 2. The summed E-state index contributed by atoms with van der Waals surface area (Å²) in [6.45, 7) is 3.52. The van der Waals surface area contributed by atoms with Gasteiger partial charge in [-0.05, 0) is 49.6 Å². The lowest BCUT2D eigenvalue weighted by atomic mass is 10.0. The quantitative estimate of drug-likeness (QED) is 0.268. The van der Waals surface area contributed by atoms with Crippen LogP contribution in [0.25, 0.3) is 11.3 Å². The van der Waals surface area contributed by atoms with Gasteiger partial charge in [0.2, 0.25) is 11.9 Å². The molecule has 1 aliphatic heterocycles. The van der Waals surface area contributed by atoms with E-state index >= 15 is 0 Å². The minimum Gasteiger partial charge on any atom is -0.497 e. The van der Waals surface area contributed by atoms with E-state index in [0.717, 1.165) is 16.9 Å². The largest absolute Gasteiger partial charge is 0.497 e. The number of nitrogens with zero attached hydrogens (tertiary/aromatic N) is 6. The van der Waals surface area contributed by atoms with Gasteiger partial charge in [-0.15, -0.1) is 0 Å². The number of aliphatic hydroxyl groups excluding tert-OH is 1. The minimum absolute atomic E-state index is 0.165. The highest BCUT2D eigenvalue weighted by Gasteiger charge is 2.35. The van der Waals surface area contributed by atoms with Crippen molar-refractivity contribution >= 4 is 23.7 Å². The first kappa shape index (κ1) is 27.8. The number of hydrogen-bond acceptors (Lipinski definition) is 8. The van der Waals surface area contributed by atoms with E-state index in [1.807, 2.05) is 13.0 Å². The molecule has 4 aromatic rings. The molecule has 0 fully saturated rings. The highest BCUT2D eigenvalue weighted by Crippen LogP contribution is 2.30. The summed E-state index contributed by atoms with van der Waals surface area (Å²) < 4.78 is 22.4. The number of halogens is 1. The average Bonchev–Trinajstić information content (AvgIpc) is 3.64. The predicted molar refractivity (Wildman–Crippen MR) is 148 cm³/mol. The van der Waals surface area contributed by atoms with Crippen molar-refractivity contribution in [2.45, 2.75) is 38.9 Å². The van der Waals surface area contributed by atoms with Gasteiger partial charge in [-0.25, -0.2) is 19.2 Å². The molecule has 2 atom stereocenters. The van der Waals surface area contributed by atoms with Crippen molar-refractivity contribution in [3.8, 4) is 17.0 Å². The Hall–Kier alpha value is -4.78. The summed E-state index contributed by atoms with van der Waals surface area (Å²) in [6.07, 6.45) is 5.25. The summed E-state index contributed by atoms with van der Waals surface area (Å²) in [4.78, 5) is 37.0. The van der Waals surface area contributed by atoms with Crippen molar-refractivity contribution < 1.29 is 23.8 Å². The molecule has 3 N–H and O–H groups in total. The van der Waals surface area contributed by atoms with Crippen LogP contribution in [0.4, 0.5) is 21.0 Å². The molecule has 1 aliphatic rings. The fourth-order valence-corrected chi connectivity index (χ4v) is 4.82. The normalized spacial score (nSPS) is 14.1. The van der Waals surface area contributed by atoms with E-state index in [1.165, 1.54) is 28.7 Å². The van der Waals surface area contributed by atoms with Crippen LogP contribution in [-0.4, -0.2) is 66.0 Å². The molecule has 4 heterocycles. The van der Waals surface area contributed by atoms with Gasteiger partial charge in [0.25, 0.3) is 0 Å². The molecule has 3 aromatic heterocycles. The SMILES string of the molecule is COc1cc(F)cc([C@@H](CCO)NC(=O)[C@H](C)N2Cc3cc(-c4nc(Nc5ccnn5C)ncc4C)cn3C2=O)c1. The number of ether oxygens (including phenoxy) is 1. The third-order valence-corrected chi connectivity index (χ3v) is 7.10. The molecule has 0 radical (unpaired) electrons. The molecule has 0 aliphatic carbocycles. The monoisotopic (exact) mass is 562 g/mol. The minimum atomic E-state index is -0.821. The maximum atomic E-state index is 14.1. The van der Waals surface area contributed by atoms with Crippen LogP contribution in [0.1, 0.15) is 36.2 Å². The highest BCUT2D eigenvalue weighted by atomic mass is 19.1. The lowest BCUT2D eigenvalue weighted by Gasteiger charge is -2.26. The fourth-order valence-electron chi connectivity index (χ4n) is 4.82. The van der Waals surface area contributed by atoms with E-state index in [2.05, 4.69) is 25.7 Å². The number of nitrogens with one attached hydrogen (secondary N) is 2. The Morgan fingerprint density at radius 2 is 2.07 bits per heavy atom. The standard InChI is InChI=1S/C28H31FN8O4/c1-16-13-30-27(33-24-5-7-31-35(24)3)34-25(16)19-10-21-15-36(28(40)37(21)14-19)17(2)26(39)32-23(6-8-38)18-9-20(29)12-22(11-18)41-4/h5,7,9-14,17,23,38H,6,8,15H2,1-4H3,(H,32,39)(H,30,33,34)/t17-,23+/m0/s1. The van der Waals surface area contributed by atoms with E-state index in [4.69, 9.17) is 4.74 Å². The lowest BCUT2D eigenvalue weighted by Crippen LogP contribution is -2.46. The summed E-state index contributed by atoms with van der Waals surface area (Å²) in [7, 11) is 3.23. The molecule has 0 spiro atoms. The van der Waals surface area contributed by atoms with Gasteiger partial charge in [-0.1, -0.05) is 0 Å². The van der Waals surface area contributed by atoms with Crippen LogP contribution < -0.4 is 15.4 Å². The zero-order valence-corrected chi connectivity index (χ0v) is 23.1. The van der Waals surface area contributed by atoms with E-state index in [-0.39, 0.29) is 25.6 Å². The van der Waals surface area contributed by atoms with Crippen molar-refractivity contribution in [1.82, 2.24) is 34.5 Å². The maximum absolute atomic E-state index is 14.1. The molecule has 0 saturated carbocycles. The van der Waals surface area contributed by atoms with E-state index in [9.17, 15) is 19.1 Å². The summed E-state index contributed by atoms with van der Waals surface area (Å²) in [5.41, 5.74) is 3.43. The number of rotatable bonds is 10. The van der Waals surface area contributed by atoms with E-state index in [1.54, 1.807) is 49.4 Å². The van der Waals surface area contributed by atoms with Gasteiger partial charge in [0.1, 0.15) is 23.4 Å². The van der Waals surface area contributed by atoms with Gasteiger partial charge in [0, 0.05) is 49.4 Å². The number of hydrogen-bond donors (Lipinski definition) is 3. The summed E-state index contributed by atoms with van der Waals surface area (Å²) in [5.74, 6) is 0.480. The van der Waals surface area contributed by atoms with Crippen LogP contribution in [0.15, 0.2) is 48.9 Å². The van der Waals surface area contributed by atoms with Crippen LogP contribution in [0.2, 0.25) is 0 Å². The maximum Gasteiger partial charge on any atom is 0.329 e. The number of aryl methyl sites for hydroxylation is 2. The molecule has 1 aromatic carbocycles. The zero-order valence-electron chi connectivity index (χ0n) is 23.1. The van der Waals surface area contributed by atoms with Gasteiger partial charge < -0.3 is 25.4 Å². The predicted octanol–water partition coefficient (Wildman–Crippen LogP) is 3.29. The molecule has 41 heavy (non-hydrogen) atoms. The number of fused-ring (bicyclic) bond motifs is 1. The molecule has 12 nitrogen and oxygen atoms in total. The zero-order chi connectivity index (χ0) is 29.3. The first-order valence-corrected chi connectivity index (χ1v) is 13.1. The van der Waals surface area contributed by atoms with Crippen LogP contribution >= 0.6 is 0 Å². The summed E-state index contributed by atoms with van der Waals surface area (Å²) >= 11 is 0. The smallest absolute Gasteiger partial charge is 0.329 e. The van der Waals surface area contributed by atoms with Gasteiger partial charge in [-0.3, -0.25) is 14.0 Å². The van der Waals surface area contributed by atoms with Crippen molar-refractivity contribution in [3.63, 3.8) is 0 Å². The second-order valence-corrected chi connectivity index (χ2v) is 9.86. The van der Waals surface area contributed by atoms with Crippen molar-refractivity contribution in [2.24, 2.45) is 7.05 Å². The molecule has 0 bridgehead atoms. The molecular formula is C28H31FN8O4. The Bertz CT molecular complexity index is 1600. The van der Waals surface area contributed by atoms with Crippen molar-refractivity contribution in [2.75, 3.05) is 19.0 Å². The average molecular weight is 563 g/mol. The topological polar surface area (TPSA) is 139 Å². The van der Waals surface area contributed by atoms with Crippen LogP contribution in [0, 0.1) is 12.7 Å². The molecular weight excluding hydrogens is 531 g/mol. The van der Waals surface area contributed by atoms with Gasteiger partial charge in [0.05, 0.1) is 31.6 Å². The van der Waals surface area contributed by atoms with E-state index < -0.39 is 23.8 Å². The first-order valence-electron chi connectivity index (χ1n) is 13.1. The number of amides is 2. The lowest BCUT2D eigenvalue weighted by molar-refractivity contribution is -0.125. The van der Waals surface area contributed by atoms with Gasteiger partial charge in [-0.2, -0.15) is 5.10 Å². The van der Waals surface area contributed by atoms with Crippen molar-refractivity contribution in [3.05, 3.63) is 71.6 Å². The van der Waals surface area contributed by atoms with Crippen LogP contribution in [-0.2, 0) is 18.4 Å². The molecule has 2 amide bonds. The number of benzene rings is 1. The van der Waals surface area contributed by atoms with E-state index in [0.29, 0.717) is 28.6 Å². The van der Waals surface area contributed by atoms with Crippen LogP contribution in [0.3, 0.4) is 0 Å². The Kier molecular flexibility index (Phi) is 7.70. The van der Waals surface area contributed by atoms with Crippen molar-refractivity contribution in [1.29, 1.82) is 0 Å². The number of methoxy groups -OCH3 is 1. The fraction of sp³-hybridized carbons (Fsp3) is 0.321.